The minimum atomic E-state index is -0.689. The third kappa shape index (κ3) is 3.06. The van der Waals surface area contributed by atoms with Crippen LogP contribution in [0.25, 0.3) is 0 Å². The fourth-order valence-electron chi connectivity index (χ4n) is 5.82. The highest BCUT2D eigenvalue weighted by Gasteiger charge is 2.60. The Morgan fingerprint density at radius 1 is 1.21 bits per heavy atom. The number of hydrogen-bond acceptors (Lipinski definition) is 5. The second-order valence-electron chi connectivity index (χ2n) is 8.48. The number of esters is 1. The topological polar surface area (TPSA) is 84.9 Å². The number of rotatable bonds is 5. The normalized spacial score (nSPS) is 43.0. The number of ether oxygens (including phenoxy) is 2. The molecule has 1 aliphatic heterocycles. The summed E-state index contributed by atoms with van der Waals surface area (Å²) in [7, 11) is 0. The molecule has 6 heteroatoms. The van der Waals surface area contributed by atoms with Crippen LogP contribution >= 0.6 is 0 Å². The van der Waals surface area contributed by atoms with Gasteiger partial charge in [0.15, 0.2) is 6.61 Å². The van der Waals surface area contributed by atoms with Crippen molar-refractivity contribution in [2.75, 3.05) is 19.8 Å². The Bertz CT molecular complexity index is 514. The lowest BCUT2D eigenvalue weighted by Gasteiger charge is -2.58. The lowest BCUT2D eigenvalue weighted by Crippen LogP contribution is -2.58. The molecule has 0 unspecified atom stereocenters. The lowest BCUT2D eigenvalue weighted by molar-refractivity contribution is -0.196. The average Bonchev–Trinajstić information content (AvgIpc) is 3.01. The van der Waals surface area contributed by atoms with Crippen LogP contribution in [0.4, 0.5) is 0 Å². The summed E-state index contributed by atoms with van der Waals surface area (Å²) in [6.07, 6.45) is 6.96. The van der Waals surface area contributed by atoms with Gasteiger partial charge in [0, 0.05) is 13.2 Å². The van der Waals surface area contributed by atoms with Gasteiger partial charge in [-0.05, 0) is 63.2 Å². The minimum absolute atomic E-state index is 0.0852. The molecule has 0 aromatic rings. The maximum Gasteiger partial charge on any atom is 0.312 e. The molecule has 0 radical (unpaired) electrons. The number of nitrogens with one attached hydrogen (secondary N) is 1. The van der Waals surface area contributed by atoms with E-state index in [9.17, 15) is 14.7 Å². The number of hydrogen-bond donors (Lipinski definition) is 2. The fourth-order valence-corrected chi connectivity index (χ4v) is 5.82. The average molecular weight is 337 g/mol. The van der Waals surface area contributed by atoms with Gasteiger partial charge < -0.3 is 19.9 Å². The Kier molecular flexibility index (Phi) is 4.07. The van der Waals surface area contributed by atoms with Gasteiger partial charge in [-0.2, -0.15) is 0 Å². The number of aliphatic hydroxyl groups is 1. The van der Waals surface area contributed by atoms with Gasteiger partial charge in [-0.15, -0.1) is 0 Å². The van der Waals surface area contributed by atoms with Gasteiger partial charge in [0.2, 0.25) is 0 Å². The highest BCUT2D eigenvalue weighted by molar-refractivity contribution is 5.83. The zero-order valence-electron chi connectivity index (χ0n) is 14.1. The predicted octanol–water partition coefficient (Wildman–Crippen LogP) is 1.16. The van der Waals surface area contributed by atoms with Gasteiger partial charge in [-0.1, -0.05) is 0 Å². The predicted molar refractivity (Wildman–Crippen MR) is 85.0 cm³/mol. The molecule has 0 spiro atoms. The van der Waals surface area contributed by atoms with Crippen molar-refractivity contribution in [2.24, 2.45) is 17.3 Å². The number of carbonyl (C=O) groups excluding carboxylic acids is 2. The van der Waals surface area contributed by atoms with Crippen LogP contribution in [0.3, 0.4) is 0 Å². The van der Waals surface area contributed by atoms with Gasteiger partial charge in [-0.25, -0.2) is 0 Å². The van der Waals surface area contributed by atoms with E-state index in [1.54, 1.807) is 0 Å². The Labute approximate surface area is 142 Å². The van der Waals surface area contributed by atoms with Crippen LogP contribution in [0.2, 0.25) is 0 Å². The highest BCUT2D eigenvalue weighted by atomic mass is 16.5. The molecule has 1 amide bonds. The molecule has 134 valence electrons. The van der Waals surface area contributed by atoms with E-state index in [2.05, 4.69) is 5.32 Å². The molecule has 4 aliphatic carbocycles. The Hall–Kier alpha value is -1.14. The quantitative estimate of drug-likeness (QED) is 0.735. The van der Waals surface area contributed by atoms with Crippen LogP contribution in [0.5, 0.6) is 0 Å². The van der Waals surface area contributed by atoms with Gasteiger partial charge in [0.1, 0.15) is 0 Å². The molecule has 24 heavy (non-hydrogen) atoms. The number of amides is 1. The number of carbonyl (C=O) groups is 2. The molecule has 5 fully saturated rings. The van der Waals surface area contributed by atoms with E-state index < -0.39 is 11.0 Å². The van der Waals surface area contributed by atoms with Crippen LogP contribution in [-0.4, -0.2) is 48.4 Å². The van der Waals surface area contributed by atoms with Crippen molar-refractivity contribution in [3.8, 4) is 0 Å². The molecule has 4 saturated carbocycles. The highest BCUT2D eigenvalue weighted by Crippen LogP contribution is 2.61. The largest absolute Gasteiger partial charge is 0.455 e. The van der Waals surface area contributed by atoms with Crippen molar-refractivity contribution in [1.82, 2.24) is 5.32 Å². The van der Waals surface area contributed by atoms with E-state index in [1.165, 1.54) is 0 Å². The third-order valence-electron chi connectivity index (χ3n) is 6.35. The first kappa shape index (κ1) is 16.3. The van der Waals surface area contributed by atoms with E-state index in [0.717, 1.165) is 51.6 Å². The Morgan fingerprint density at radius 3 is 2.58 bits per heavy atom. The summed E-state index contributed by atoms with van der Waals surface area (Å²) in [4.78, 5) is 24.6. The minimum Gasteiger partial charge on any atom is -0.455 e. The summed E-state index contributed by atoms with van der Waals surface area (Å²) in [6.45, 7) is 0.996. The standard InChI is InChI=1S/C18H27NO5/c20-15(19-9-14-2-1-3-23-14)10-24-16(21)17-5-12-4-13(6-17)8-18(22,7-12)11-17/h12-14,22H,1-11H2,(H,19,20)/t12-,13-,14+,17?,18?/m0/s1. The fraction of sp³-hybridized carbons (Fsp3) is 0.889. The van der Waals surface area contributed by atoms with Crippen molar-refractivity contribution in [3.05, 3.63) is 0 Å². The van der Waals surface area contributed by atoms with E-state index in [1.807, 2.05) is 0 Å². The summed E-state index contributed by atoms with van der Waals surface area (Å²) in [5.41, 5.74) is -1.25. The summed E-state index contributed by atoms with van der Waals surface area (Å²) in [5, 5.41) is 13.5. The van der Waals surface area contributed by atoms with Gasteiger partial charge in [-0.3, -0.25) is 9.59 Å². The molecule has 3 atom stereocenters. The van der Waals surface area contributed by atoms with E-state index in [4.69, 9.17) is 9.47 Å². The second-order valence-corrected chi connectivity index (χ2v) is 8.48. The molecular weight excluding hydrogens is 310 g/mol. The molecule has 0 aromatic heterocycles. The monoisotopic (exact) mass is 337 g/mol. The molecule has 5 rings (SSSR count). The smallest absolute Gasteiger partial charge is 0.312 e. The van der Waals surface area contributed by atoms with E-state index in [-0.39, 0.29) is 24.6 Å². The molecule has 4 bridgehead atoms. The van der Waals surface area contributed by atoms with Gasteiger partial charge in [0.25, 0.3) is 5.91 Å². The summed E-state index contributed by atoms with van der Waals surface area (Å²) < 4.78 is 10.8. The SMILES string of the molecule is O=C(COC(=O)C12C[C@@H]3C[C@H](CC(O)(C3)C1)C2)NC[C@H]1CCCO1. The molecular formula is C18H27NO5. The van der Waals surface area contributed by atoms with Crippen LogP contribution in [0.15, 0.2) is 0 Å². The second kappa shape index (κ2) is 5.99. The molecule has 0 aromatic carbocycles. The van der Waals surface area contributed by atoms with E-state index >= 15 is 0 Å². The Balaban J connectivity index is 1.29. The van der Waals surface area contributed by atoms with Gasteiger partial charge >= 0.3 is 5.97 Å². The zero-order valence-corrected chi connectivity index (χ0v) is 14.1. The molecule has 1 heterocycles. The van der Waals surface area contributed by atoms with Crippen LogP contribution in [-0.2, 0) is 19.1 Å². The maximum absolute atomic E-state index is 12.7. The first-order valence-electron chi connectivity index (χ1n) is 9.24. The summed E-state index contributed by atoms with van der Waals surface area (Å²) in [6, 6.07) is 0. The van der Waals surface area contributed by atoms with Crippen molar-refractivity contribution >= 4 is 11.9 Å². The van der Waals surface area contributed by atoms with E-state index in [0.29, 0.717) is 24.8 Å². The maximum atomic E-state index is 12.7. The first-order valence-corrected chi connectivity index (χ1v) is 9.24. The van der Waals surface area contributed by atoms with Gasteiger partial charge in [0.05, 0.1) is 17.1 Å². The zero-order chi connectivity index (χ0) is 16.8. The summed E-state index contributed by atoms with van der Waals surface area (Å²) >= 11 is 0. The molecule has 6 nitrogen and oxygen atoms in total. The molecule has 1 saturated heterocycles. The lowest BCUT2D eigenvalue weighted by atomic mass is 9.48. The van der Waals surface area contributed by atoms with Crippen LogP contribution < -0.4 is 5.32 Å². The third-order valence-corrected chi connectivity index (χ3v) is 6.35. The molecule has 2 N–H and O–H groups in total. The van der Waals surface area contributed by atoms with Crippen molar-refractivity contribution in [2.45, 2.75) is 63.1 Å². The van der Waals surface area contributed by atoms with Crippen molar-refractivity contribution in [3.63, 3.8) is 0 Å². The van der Waals surface area contributed by atoms with Crippen molar-refractivity contribution in [1.29, 1.82) is 0 Å². The molecule has 5 aliphatic rings. The van der Waals surface area contributed by atoms with Crippen LogP contribution in [0.1, 0.15) is 51.4 Å². The first-order chi connectivity index (χ1) is 11.5. The van der Waals surface area contributed by atoms with Crippen LogP contribution in [0, 0.1) is 17.3 Å². The summed E-state index contributed by atoms with van der Waals surface area (Å²) in [5.74, 6) is 0.291. The Morgan fingerprint density at radius 2 is 1.96 bits per heavy atom. The van der Waals surface area contributed by atoms with Crippen molar-refractivity contribution < 1.29 is 24.2 Å².